The quantitative estimate of drug-likeness (QED) is 0.449. The average Bonchev–Trinajstić information content (AvgIpc) is 3.43. The normalized spacial score (nSPS) is 11.2. The van der Waals surface area contributed by atoms with Gasteiger partial charge in [0.05, 0.1) is 16.3 Å². The molecule has 0 aliphatic heterocycles. The maximum Gasteiger partial charge on any atom is 0.266 e. The SMILES string of the molecule is CCN(CC)C(=O)c1sc2nc(-c3cccs3)cc(-c3cccs3)c2c1N. The third kappa shape index (κ3) is 3.16. The van der Waals surface area contributed by atoms with Gasteiger partial charge in [0.25, 0.3) is 5.91 Å². The molecule has 2 N–H and O–H groups in total. The predicted molar refractivity (Wildman–Crippen MR) is 118 cm³/mol. The van der Waals surface area contributed by atoms with Crippen molar-refractivity contribution in [3.05, 3.63) is 46.0 Å². The zero-order valence-electron chi connectivity index (χ0n) is 15.1. The summed E-state index contributed by atoms with van der Waals surface area (Å²) in [5.74, 6) is -0.0182. The largest absolute Gasteiger partial charge is 0.397 e. The minimum absolute atomic E-state index is 0.0182. The summed E-state index contributed by atoms with van der Waals surface area (Å²) in [6.45, 7) is 5.29. The van der Waals surface area contributed by atoms with Gasteiger partial charge < -0.3 is 10.6 Å². The van der Waals surface area contributed by atoms with Gasteiger partial charge in [0.15, 0.2) is 0 Å². The Morgan fingerprint density at radius 3 is 2.37 bits per heavy atom. The van der Waals surface area contributed by atoms with Crippen LogP contribution in [0.15, 0.2) is 41.1 Å². The van der Waals surface area contributed by atoms with E-state index in [0.717, 1.165) is 31.2 Å². The molecular weight excluding hydrogens is 394 g/mol. The Balaban J connectivity index is 1.97. The first-order chi connectivity index (χ1) is 13.1. The highest BCUT2D eigenvalue weighted by atomic mass is 32.1. The molecule has 0 fully saturated rings. The zero-order valence-corrected chi connectivity index (χ0v) is 17.5. The van der Waals surface area contributed by atoms with E-state index in [4.69, 9.17) is 10.7 Å². The van der Waals surface area contributed by atoms with E-state index in [1.807, 2.05) is 31.4 Å². The van der Waals surface area contributed by atoms with E-state index in [1.165, 1.54) is 11.3 Å². The minimum atomic E-state index is -0.0182. The molecule has 0 bridgehead atoms. The van der Waals surface area contributed by atoms with Gasteiger partial charge in [-0.2, -0.15) is 0 Å². The van der Waals surface area contributed by atoms with Gasteiger partial charge in [-0.15, -0.1) is 34.0 Å². The molecule has 0 aliphatic carbocycles. The predicted octanol–water partition coefficient (Wildman–Crippen LogP) is 5.82. The average molecular weight is 414 g/mol. The van der Waals surface area contributed by atoms with Gasteiger partial charge in [-0.05, 0) is 42.8 Å². The number of pyridine rings is 1. The van der Waals surface area contributed by atoms with Gasteiger partial charge in [0, 0.05) is 28.9 Å². The van der Waals surface area contributed by atoms with Gasteiger partial charge in [0.1, 0.15) is 9.71 Å². The smallest absolute Gasteiger partial charge is 0.266 e. The summed E-state index contributed by atoms with van der Waals surface area (Å²) in [5.41, 5.74) is 9.00. The molecule has 0 aromatic carbocycles. The zero-order chi connectivity index (χ0) is 19.0. The number of rotatable bonds is 5. The van der Waals surface area contributed by atoms with Crippen molar-refractivity contribution >= 4 is 55.8 Å². The first kappa shape index (κ1) is 18.2. The monoisotopic (exact) mass is 413 g/mol. The highest BCUT2D eigenvalue weighted by molar-refractivity contribution is 7.21. The van der Waals surface area contributed by atoms with Crippen LogP contribution in [0, 0.1) is 0 Å². The fraction of sp³-hybridized carbons (Fsp3) is 0.200. The number of fused-ring (bicyclic) bond motifs is 1. The van der Waals surface area contributed by atoms with Crippen molar-refractivity contribution in [2.75, 3.05) is 18.8 Å². The number of hydrogen-bond donors (Lipinski definition) is 1. The molecule has 4 rings (SSSR count). The molecule has 27 heavy (non-hydrogen) atoms. The molecule has 4 aromatic rings. The second-order valence-corrected chi connectivity index (χ2v) is 8.91. The number of carbonyl (C=O) groups is 1. The van der Waals surface area contributed by atoms with E-state index < -0.39 is 0 Å². The lowest BCUT2D eigenvalue weighted by molar-refractivity contribution is 0.0779. The van der Waals surface area contributed by atoms with Crippen molar-refractivity contribution in [1.29, 1.82) is 0 Å². The second kappa shape index (κ2) is 7.42. The molecule has 7 heteroatoms. The molecule has 0 atom stereocenters. The van der Waals surface area contributed by atoms with Crippen LogP contribution in [0.4, 0.5) is 5.69 Å². The van der Waals surface area contributed by atoms with Crippen LogP contribution in [0.1, 0.15) is 23.5 Å². The highest BCUT2D eigenvalue weighted by Crippen LogP contribution is 2.43. The van der Waals surface area contributed by atoms with Crippen molar-refractivity contribution in [1.82, 2.24) is 9.88 Å². The van der Waals surface area contributed by atoms with Gasteiger partial charge in [-0.1, -0.05) is 12.1 Å². The molecule has 0 saturated carbocycles. The molecule has 0 radical (unpaired) electrons. The number of carbonyl (C=O) groups excluding carboxylic acids is 1. The molecule has 0 spiro atoms. The first-order valence-electron chi connectivity index (χ1n) is 8.74. The van der Waals surface area contributed by atoms with Crippen molar-refractivity contribution in [3.63, 3.8) is 0 Å². The van der Waals surface area contributed by atoms with E-state index in [-0.39, 0.29) is 5.91 Å². The van der Waals surface area contributed by atoms with Gasteiger partial charge in [-0.25, -0.2) is 4.98 Å². The Morgan fingerprint density at radius 1 is 1.11 bits per heavy atom. The summed E-state index contributed by atoms with van der Waals surface area (Å²) in [6.07, 6.45) is 0. The summed E-state index contributed by atoms with van der Waals surface area (Å²) in [7, 11) is 0. The molecule has 138 valence electrons. The standard InChI is InChI=1S/C20H19N3OS3/c1-3-23(4-2)20(24)18-17(21)16-12(14-7-5-9-25-14)11-13(22-19(16)27-18)15-8-6-10-26-15/h5-11H,3-4,21H2,1-2H3. The fourth-order valence-electron chi connectivity index (χ4n) is 3.11. The van der Waals surface area contributed by atoms with Crippen LogP contribution >= 0.6 is 34.0 Å². The molecule has 4 aromatic heterocycles. The lowest BCUT2D eigenvalue weighted by Gasteiger charge is -2.17. The Kier molecular flexibility index (Phi) is 4.99. The Labute approximate surface area is 169 Å². The van der Waals surface area contributed by atoms with E-state index >= 15 is 0 Å². The van der Waals surface area contributed by atoms with Crippen molar-refractivity contribution in [2.24, 2.45) is 0 Å². The van der Waals surface area contributed by atoms with Crippen LogP contribution in [0.5, 0.6) is 0 Å². The topological polar surface area (TPSA) is 59.2 Å². The number of nitrogen functional groups attached to an aromatic ring is 1. The van der Waals surface area contributed by atoms with E-state index in [2.05, 4.69) is 23.6 Å². The maximum absolute atomic E-state index is 12.9. The van der Waals surface area contributed by atoms with Crippen LogP contribution in [0.3, 0.4) is 0 Å². The molecular formula is C20H19N3OS3. The van der Waals surface area contributed by atoms with E-state index in [9.17, 15) is 4.79 Å². The number of aromatic nitrogens is 1. The summed E-state index contributed by atoms with van der Waals surface area (Å²) in [6, 6.07) is 10.3. The molecule has 4 heterocycles. The summed E-state index contributed by atoms with van der Waals surface area (Å²) in [4.78, 5) is 23.2. The Morgan fingerprint density at radius 2 is 1.78 bits per heavy atom. The minimum Gasteiger partial charge on any atom is -0.397 e. The lowest BCUT2D eigenvalue weighted by atomic mass is 10.1. The summed E-state index contributed by atoms with van der Waals surface area (Å²) < 4.78 is 0. The van der Waals surface area contributed by atoms with Crippen molar-refractivity contribution < 1.29 is 4.79 Å². The van der Waals surface area contributed by atoms with Gasteiger partial charge in [0.2, 0.25) is 0 Å². The number of hydrogen-bond acceptors (Lipinski definition) is 6. The highest BCUT2D eigenvalue weighted by Gasteiger charge is 2.24. The van der Waals surface area contributed by atoms with Crippen molar-refractivity contribution in [2.45, 2.75) is 13.8 Å². The van der Waals surface area contributed by atoms with E-state index in [0.29, 0.717) is 23.7 Å². The molecule has 0 aliphatic rings. The first-order valence-corrected chi connectivity index (χ1v) is 11.3. The maximum atomic E-state index is 12.9. The molecule has 0 unspecified atom stereocenters. The summed E-state index contributed by atoms with van der Waals surface area (Å²) in [5, 5.41) is 4.99. The van der Waals surface area contributed by atoms with Crippen LogP contribution in [-0.2, 0) is 0 Å². The second-order valence-electron chi connectivity index (χ2n) is 6.01. The van der Waals surface area contributed by atoms with Gasteiger partial charge >= 0.3 is 0 Å². The van der Waals surface area contributed by atoms with Crippen LogP contribution < -0.4 is 5.73 Å². The third-order valence-corrected chi connectivity index (χ3v) is 7.39. The van der Waals surface area contributed by atoms with Crippen LogP contribution in [-0.4, -0.2) is 28.9 Å². The van der Waals surface area contributed by atoms with Gasteiger partial charge in [-0.3, -0.25) is 4.79 Å². The van der Waals surface area contributed by atoms with E-state index in [1.54, 1.807) is 27.6 Å². The Bertz CT molecular complexity index is 1080. The number of thiophene rings is 3. The van der Waals surface area contributed by atoms with Crippen molar-refractivity contribution in [3.8, 4) is 21.0 Å². The third-order valence-electron chi connectivity index (χ3n) is 4.50. The molecule has 0 saturated heterocycles. The summed E-state index contributed by atoms with van der Waals surface area (Å²) >= 11 is 4.72. The lowest BCUT2D eigenvalue weighted by Crippen LogP contribution is -2.30. The fourth-order valence-corrected chi connectivity index (χ4v) is 5.63. The Hall–Kier alpha value is -2.22. The van der Waals surface area contributed by atoms with Crippen LogP contribution in [0.2, 0.25) is 0 Å². The number of amides is 1. The number of nitrogens with zero attached hydrogens (tertiary/aromatic N) is 2. The van der Waals surface area contributed by atoms with Crippen LogP contribution in [0.25, 0.3) is 31.2 Å². The molecule has 1 amide bonds. The number of anilines is 1. The number of nitrogens with two attached hydrogens (primary N) is 1. The molecule has 4 nitrogen and oxygen atoms in total.